The van der Waals surface area contributed by atoms with Gasteiger partial charge in [0.2, 0.25) is 0 Å². The summed E-state index contributed by atoms with van der Waals surface area (Å²) in [5, 5.41) is 8.99. The summed E-state index contributed by atoms with van der Waals surface area (Å²) in [4.78, 5) is 44.3. The molecule has 1 aromatic heterocycles. The molecule has 8 nitrogen and oxygen atoms in total. The standard InChI is InChI=1S/C27H30N4O4/c1-5-35-25(32)12-13-31(17-18(2)3)26(33)21-10-11-24-22(15-21)29-23(27(34)30(24)4)14-19-6-8-20(16-28)9-7-19/h6-11,15,18H,5,12-14,17H2,1-4H3. The molecule has 0 atom stereocenters. The Hall–Kier alpha value is -3.99. The Kier molecular flexibility index (Phi) is 8.37. The number of hydrogen-bond donors (Lipinski definition) is 0. The van der Waals surface area contributed by atoms with Crippen LogP contribution in [0.15, 0.2) is 47.3 Å². The minimum Gasteiger partial charge on any atom is -0.466 e. The van der Waals surface area contributed by atoms with Crippen LogP contribution in [-0.4, -0.2) is 46.0 Å². The molecular weight excluding hydrogens is 444 g/mol. The Labute approximate surface area is 204 Å². The van der Waals surface area contributed by atoms with E-state index in [1.54, 1.807) is 61.3 Å². The van der Waals surface area contributed by atoms with Crippen LogP contribution in [0.25, 0.3) is 11.0 Å². The molecule has 0 radical (unpaired) electrons. The number of esters is 1. The summed E-state index contributed by atoms with van der Waals surface area (Å²) in [5.74, 6) is -0.314. The smallest absolute Gasteiger partial charge is 0.307 e. The number of rotatable bonds is 9. The van der Waals surface area contributed by atoms with Crippen molar-refractivity contribution in [3.63, 3.8) is 0 Å². The van der Waals surface area contributed by atoms with Crippen molar-refractivity contribution in [1.82, 2.24) is 14.5 Å². The zero-order chi connectivity index (χ0) is 25.5. The SMILES string of the molecule is CCOC(=O)CCN(CC(C)C)C(=O)c1ccc2c(c1)nc(Cc1ccc(C#N)cc1)c(=O)n2C. The van der Waals surface area contributed by atoms with Crippen molar-refractivity contribution >= 4 is 22.9 Å². The molecule has 0 aliphatic carbocycles. The van der Waals surface area contributed by atoms with Crippen LogP contribution in [0.5, 0.6) is 0 Å². The quantitative estimate of drug-likeness (QED) is 0.440. The second-order valence-electron chi connectivity index (χ2n) is 8.81. The Morgan fingerprint density at radius 1 is 1.17 bits per heavy atom. The van der Waals surface area contributed by atoms with E-state index in [2.05, 4.69) is 11.1 Å². The first-order valence-electron chi connectivity index (χ1n) is 11.7. The number of benzene rings is 2. The molecule has 0 aliphatic heterocycles. The van der Waals surface area contributed by atoms with Gasteiger partial charge >= 0.3 is 5.97 Å². The van der Waals surface area contributed by atoms with Crippen LogP contribution in [0.3, 0.4) is 0 Å². The molecule has 2 aromatic carbocycles. The van der Waals surface area contributed by atoms with Crippen LogP contribution in [-0.2, 0) is 23.0 Å². The summed E-state index contributed by atoms with van der Waals surface area (Å²) in [6.07, 6.45) is 0.437. The molecule has 1 amide bonds. The Balaban J connectivity index is 1.92. The van der Waals surface area contributed by atoms with Gasteiger partial charge in [-0.25, -0.2) is 4.98 Å². The molecule has 0 N–H and O–H groups in total. The van der Waals surface area contributed by atoms with Gasteiger partial charge in [-0.15, -0.1) is 0 Å². The Morgan fingerprint density at radius 3 is 2.51 bits per heavy atom. The fourth-order valence-corrected chi connectivity index (χ4v) is 3.89. The minimum atomic E-state index is -0.336. The van der Waals surface area contributed by atoms with E-state index in [4.69, 9.17) is 10.00 Å². The van der Waals surface area contributed by atoms with Gasteiger partial charge in [-0.3, -0.25) is 14.4 Å². The Morgan fingerprint density at radius 2 is 1.89 bits per heavy atom. The highest BCUT2D eigenvalue weighted by molar-refractivity contribution is 5.97. The molecule has 0 bridgehead atoms. The van der Waals surface area contributed by atoms with Gasteiger partial charge < -0.3 is 14.2 Å². The zero-order valence-electron chi connectivity index (χ0n) is 20.6. The summed E-state index contributed by atoms with van der Waals surface area (Å²) in [7, 11) is 1.68. The Bertz CT molecular complexity index is 1320. The predicted molar refractivity (Wildman–Crippen MR) is 133 cm³/mol. The van der Waals surface area contributed by atoms with Gasteiger partial charge in [0.25, 0.3) is 11.5 Å². The summed E-state index contributed by atoms with van der Waals surface area (Å²) >= 11 is 0. The van der Waals surface area contributed by atoms with E-state index in [1.165, 1.54) is 4.57 Å². The van der Waals surface area contributed by atoms with Crippen molar-refractivity contribution in [2.75, 3.05) is 19.7 Å². The largest absolute Gasteiger partial charge is 0.466 e. The van der Waals surface area contributed by atoms with Crippen LogP contribution in [0.2, 0.25) is 0 Å². The number of aromatic nitrogens is 2. The molecule has 0 unspecified atom stereocenters. The highest BCUT2D eigenvalue weighted by Crippen LogP contribution is 2.17. The number of amides is 1. The first kappa shape index (κ1) is 25.6. The van der Waals surface area contributed by atoms with Crippen LogP contribution in [0.1, 0.15) is 54.4 Å². The molecule has 3 rings (SSSR count). The minimum absolute atomic E-state index is 0.126. The second-order valence-corrected chi connectivity index (χ2v) is 8.81. The molecule has 35 heavy (non-hydrogen) atoms. The normalized spacial score (nSPS) is 10.9. The fourth-order valence-electron chi connectivity index (χ4n) is 3.89. The number of carbonyl (C=O) groups excluding carboxylic acids is 2. The average molecular weight is 475 g/mol. The van der Waals surface area contributed by atoms with Gasteiger partial charge in [-0.05, 0) is 48.7 Å². The molecule has 0 saturated carbocycles. The molecule has 8 heteroatoms. The van der Waals surface area contributed by atoms with E-state index in [9.17, 15) is 14.4 Å². The number of ether oxygens (including phenoxy) is 1. The fraction of sp³-hybridized carbons (Fsp3) is 0.370. The highest BCUT2D eigenvalue weighted by atomic mass is 16.5. The van der Waals surface area contributed by atoms with Gasteiger partial charge in [0, 0.05) is 32.1 Å². The number of carbonyl (C=O) groups is 2. The van der Waals surface area contributed by atoms with E-state index in [-0.39, 0.29) is 36.3 Å². The van der Waals surface area contributed by atoms with Crippen LogP contribution in [0.4, 0.5) is 0 Å². The zero-order valence-corrected chi connectivity index (χ0v) is 20.6. The third-order valence-corrected chi connectivity index (χ3v) is 5.61. The monoisotopic (exact) mass is 474 g/mol. The summed E-state index contributed by atoms with van der Waals surface area (Å²) in [6, 6.07) is 14.2. The van der Waals surface area contributed by atoms with E-state index in [0.717, 1.165) is 5.56 Å². The molecule has 3 aromatic rings. The van der Waals surface area contributed by atoms with Gasteiger partial charge in [0.15, 0.2) is 0 Å². The lowest BCUT2D eigenvalue weighted by Crippen LogP contribution is -2.36. The van der Waals surface area contributed by atoms with Crippen molar-refractivity contribution in [2.24, 2.45) is 13.0 Å². The number of fused-ring (bicyclic) bond motifs is 1. The van der Waals surface area contributed by atoms with Gasteiger partial charge in [-0.2, -0.15) is 5.26 Å². The van der Waals surface area contributed by atoms with Crippen LogP contribution < -0.4 is 5.56 Å². The molecule has 1 heterocycles. The molecule has 0 spiro atoms. The first-order valence-corrected chi connectivity index (χ1v) is 11.7. The van der Waals surface area contributed by atoms with Crippen LogP contribution in [0, 0.1) is 17.2 Å². The molecule has 182 valence electrons. The maximum Gasteiger partial charge on any atom is 0.307 e. The maximum atomic E-state index is 13.3. The lowest BCUT2D eigenvalue weighted by molar-refractivity contribution is -0.143. The maximum absolute atomic E-state index is 13.3. The van der Waals surface area contributed by atoms with E-state index in [0.29, 0.717) is 47.4 Å². The predicted octanol–water partition coefficient (Wildman–Crippen LogP) is 3.45. The molecule has 0 fully saturated rings. The third kappa shape index (κ3) is 6.33. The second kappa shape index (κ2) is 11.4. The third-order valence-electron chi connectivity index (χ3n) is 5.61. The number of hydrogen-bond acceptors (Lipinski definition) is 6. The molecule has 0 saturated heterocycles. The highest BCUT2D eigenvalue weighted by Gasteiger charge is 2.20. The van der Waals surface area contributed by atoms with Crippen molar-refractivity contribution in [2.45, 2.75) is 33.6 Å². The van der Waals surface area contributed by atoms with Crippen molar-refractivity contribution in [1.29, 1.82) is 5.26 Å². The topological polar surface area (TPSA) is 105 Å². The van der Waals surface area contributed by atoms with E-state index in [1.807, 2.05) is 13.8 Å². The number of aryl methyl sites for hydroxylation is 1. The molecular formula is C27H30N4O4. The summed E-state index contributed by atoms with van der Waals surface area (Å²) < 4.78 is 6.53. The summed E-state index contributed by atoms with van der Waals surface area (Å²) in [5.41, 5.74) is 3.16. The van der Waals surface area contributed by atoms with Gasteiger partial charge in [0.1, 0.15) is 5.69 Å². The van der Waals surface area contributed by atoms with E-state index < -0.39 is 0 Å². The van der Waals surface area contributed by atoms with Crippen molar-refractivity contribution in [3.8, 4) is 6.07 Å². The average Bonchev–Trinajstić information content (AvgIpc) is 2.84. The lowest BCUT2D eigenvalue weighted by Gasteiger charge is -2.24. The lowest BCUT2D eigenvalue weighted by atomic mass is 10.1. The number of nitrogens with zero attached hydrogens (tertiary/aromatic N) is 4. The van der Waals surface area contributed by atoms with Crippen molar-refractivity contribution < 1.29 is 14.3 Å². The summed E-state index contributed by atoms with van der Waals surface area (Å²) in [6.45, 7) is 6.84. The van der Waals surface area contributed by atoms with Crippen LogP contribution >= 0.6 is 0 Å². The van der Waals surface area contributed by atoms with Gasteiger partial charge in [0.05, 0.1) is 35.7 Å². The first-order chi connectivity index (χ1) is 16.7. The van der Waals surface area contributed by atoms with E-state index >= 15 is 0 Å². The van der Waals surface area contributed by atoms with Crippen molar-refractivity contribution in [3.05, 3.63) is 75.2 Å². The number of nitriles is 1. The van der Waals surface area contributed by atoms with Gasteiger partial charge in [-0.1, -0.05) is 26.0 Å². The molecule has 0 aliphatic rings.